The molecule has 0 saturated carbocycles. The van der Waals surface area contributed by atoms with Crippen molar-refractivity contribution in [3.05, 3.63) is 29.6 Å². The van der Waals surface area contributed by atoms with Crippen molar-refractivity contribution in [2.24, 2.45) is 0 Å². The van der Waals surface area contributed by atoms with Gasteiger partial charge in [0.1, 0.15) is 5.82 Å². The van der Waals surface area contributed by atoms with Crippen molar-refractivity contribution >= 4 is 15.9 Å². The van der Waals surface area contributed by atoms with Gasteiger partial charge in [0.25, 0.3) is 0 Å². The van der Waals surface area contributed by atoms with Crippen LogP contribution < -0.4 is 10.0 Å². The molecule has 7 heteroatoms. The van der Waals surface area contributed by atoms with Crippen LogP contribution >= 0.6 is 0 Å². The van der Waals surface area contributed by atoms with E-state index in [1.54, 1.807) is 13.0 Å². The van der Waals surface area contributed by atoms with E-state index in [2.05, 4.69) is 10.0 Å². The molecule has 114 valence electrons. The van der Waals surface area contributed by atoms with Gasteiger partial charge in [-0.25, -0.2) is 4.39 Å². The highest BCUT2D eigenvalue weighted by molar-refractivity contribution is 7.90. The average Bonchev–Trinajstić information content (AvgIpc) is 2.37. The standard InChI is InChI=1S/C13H22FN3O2S/c1-4-15-8-5-9-17(3)20(18,19)16-13-7-6-11(2)10-12(13)14/h6-7,10,15-16H,4-5,8-9H2,1-3H3. The Kier molecular flexibility index (Phi) is 6.38. The average molecular weight is 303 g/mol. The number of benzene rings is 1. The molecule has 0 fully saturated rings. The quantitative estimate of drug-likeness (QED) is 0.719. The lowest BCUT2D eigenvalue weighted by Crippen LogP contribution is -2.34. The molecule has 0 aliphatic rings. The van der Waals surface area contributed by atoms with Crippen molar-refractivity contribution in [1.82, 2.24) is 9.62 Å². The van der Waals surface area contributed by atoms with Crippen molar-refractivity contribution < 1.29 is 12.8 Å². The summed E-state index contributed by atoms with van der Waals surface area (Å²) < 4.78 is 41.1. The number of nitrogens with zero attached hydrogens (tertiary/aromatic N) is 1. The number of rotatable bonds is 8. The van der Waals surface area contributed by atoms with E-state index < -0.39 is 16.0 Å². The van der Waals surface area contributed by atoms with Gasteiger partial charge in [-0.1, -0.05) is 13.0 Å². The molecule has 0 aromatic heterocycles. The van der Waals surface area contributed by atoms with E-state index in [0.29, 0.717) is 13.0 Å². The maximum atomic E-state index is 13.6. The van der Waals surface area contributed by atoms with Gasteiger partial charge < -0.3 is 5.32 Å². The molecule has 0 unspecified atom stereocenters. The summed E-state index contributed by atoms with van der Waals surface area (Å²) in [7, 11) is -2.25. The Morgan fingerprint density at radius 1 is 1.35 bits per heavy atom. The fourth-order valence-electron chi connectivity index (χ4n) is 1.64. The van der Waals surface area contributed by atoms with Crippen LogP contribution in [0.3, 0.4) is 0 Å². The second kappa shape index (κ2) is 7.56. The van der Waals surface area contributed by atoms with E-state index in [1.807, 2.05) is 6.92 Å². The van der Waals surface area contributed by atoms with Gasteiger partial charge in [0, 0.05) is 13.6 Å². The number of nitrogens with one attached hydrogen (secondary N) is 2. The van der Waals surface area contributed by atoms with E-state index in [-0.39, 0.29) is 5.69 Å². The van der Waals surface area contributed by atoms with Crippen LogP contribution in [0, 0.1) is 12.7 Å². The van der Waals surface area contributed by atoms with Gasteiger partial charge in [0.05, 0.1) is 5.69 Å². The van der Waals surface area contributed by atoms with Crippen LogP contribution in [-0.2, 0) is 10.2 Å². The van der Waals surface area contributed by atoms with E-state index in [9.17, 15) is 12.8 Å². The Balaban J connectivity index is 2.64. The first-order valence-electron chi connectivity index (χ1n) is 6.57. The molecule has 1 aromatic rings. The Labute approximate surface area is 120 Å². The zero-order valence-corrected chi connectivity index (χ0v) is 12.9. The highest BCUT2D eigenvalue weighted by Crippen LogP contribution is 2.17. The monoisotopic (exact) mass is 303 g/mol. The minimum Gasteiger partial charge on any atom is -0.317 e. The first-order chi connectivity index (χ1) is 9.36. The second-order valence-electron chi connectivity index (χ2n) is 4.62. The fourth-order valence-corrected chi connectivity index (χ4v) is 2.61. The maximum absolute atomic E-state index is 13.6. The van der Waals surface area contributed by atoms with Crippen molar-refractivity contribution in [2.45, 2.75) is 20.3 Å². The first-order valence-corrected chi connectivity index (χ1v) is 8.01. The Morgan fingerprint density at radius 3 is 2.65 bits per heavy atom. The number of hydrogen-bond acceptors (Lipinski definition) is 3. The molecule has 1 aromatic carbocycles. The third kappa shape index (κ3) is 5.07. The third-order valence-electron chi connectivity index (χ3n) is 2.85. The zero-order chi connectivity index (χ0) is 15.2. The largest absolute Gasteiger partial charge is 0.317 e. The number of anilines is 1. The summed E-state index contributed by atoms with van der Waals surface area (Å²) >= 11 is 0. The van der Waals surface area contributed by atoms with Gasteiger partial charge in [0.2, 0.25) is 0 Å². The predicted octanol–water partition coefficient (Wildman–Crippen LogP) is 1.72. The van der Waals surface area contributed by atoms with Crippen LogP contribution in [0.2, 0.25) is 0 Å². The van der Waals surface area contributed by atoms with Crippen LogP contribution in [0.4, 0.5) is 10.1 Å². The summed E-state index contributed by atoms with van der Waals surface area (Å²) in [5.41, 5.74) is 0.707. The molecule has 20 heavy (non-hydrogen) atoms. The molecular weight excluding hydrogens is 281 g/mol. The molecule has 2 N–H and O–H groups in total. The van der Waals surface area contributed by atoms with Gasteiger partial charge >= 0.3 is 10.2 Å². The minimum absolute atomic E-state index is 0.0332. The van der Waals surface area contributed by atoms with Crippen molar-refractivity contribution in [3.63, 3.8) is 0 Å². The maximum Gasteiger partial charge on any atom is 0.301 e. The second-order valence-corrected chi connectivity index (χ2v) is 6.40. The lowest BCUT2D eigenvalue weighted by molar-refractivity contribution is 0.459. The number of aryl methyl sites for hydroxylation is 1. The molecular formula is C13H22FN3O2S. The number of hydrogen-bond donors (Lipinski definition) is 2. The van der Waals surface area contributed by atoms with Gasteiger partial charge in [-0.05, 0) is 44.1 Å². The molecule has 5 nitrogen and oxygen atoms in total. The van der Waals surface area contributed by atoms with Gasteiger partial charge in [-0.2, -0.15) is 12.7 Å². The van der Waals surface area contributed by atoms with Crippen LogP contribution in [0.5, 0.6) is 0 Å². The summed E-state index contributed by atoms with van der Waals surface area (Å²) in [4.78, 5) is 0. The van der Waals surface area contributed by atoms with E-state index in [1.165, 1.54) is 23.5 Å². The molecule has 0 saturated heterocycles. The molecule has 0 aliphatic heterocycles. The van der Waals surface area contributed by atoms with Gasteiger partial charge in [-0.3, -0.25) is 4.72 Å². The highest BCUT2D eigenvalue weighted by Gasteiger charge is 2.18. The summed E-state index contributed by atoms with van der Waals surface area (Å²) in [5.74, 6) is -0.574. The Morgan fingerprint density at radius 2 is 2.05 bits per heavy atom. The first kappa shape index (κ1) is 16.9. The Bertz CT molecular complexity index is 534. The van der Waals surface area contributed by atoms with E-state index in [4.69, 9.17) is 0 Å². The van der Waals surface area contributed by atoms with Crippen LogP contribution in [0.15, 0.2) is 18.2 Å². The minimum atomic E-state index is -3.72. The highest BCUT2D eigenvalue weighted by atomic mass is 32.2. The summed E-state index contributed by atoms with van der Waals surface area (Å²) in [5, 5.41) is 3.12. The topological polar surface area (TPSA) is 61.4 Å². The van der Waals surface area contributed by atoms with Crippen LogP contribution in [0.1, 0.15) is 18.9 Å². The van der Waals surface area contributed by atoms with Crippen LogP contribution in [0.25, 0.3) is 0 Å². The normalized spacial score (nSPS) is 11.8. The van der Waals surface area contributed by atoms with E-state index >= 15 is 0 Å². The molecule has 0 heterocycles. The molecule has 0 amide bonds. The summed E-state index contributed by atoms with van der Waals surface area (Å²) in [6, 6.07) is 4.38. The van der Waals surface area contributed by atoms with Gasteiger partial charge in [-0.15, -0.1) is 0 Å². The molecule has 1 rings (SSSR count). The molecule has 0 bridgehead atoms. The van der Waals surface area contributed by atoms with E-state index in [0.717, 1.165) is 18.7 Å². The SMILES string of the molecule is CCNCCCN(C)S(=O)(=O)Nc1ccc(C)cc1F. The number of halogens is 1. The lowest BCUT2D eigenvalue weighted by Gasteiger charge is -2.18. The lowest BCUT2D eigenvalue weighted by atomic mass is 10.2. The smallest absolute Gasteiger partial charge is 0.301 e. The van der Waals surface area contributed by atoms with Crippen LogP contribution in [-0.4, -0.2) is 39.4 Å². The van der Waals surface area contributed by atoms with Gasteiger partial charge in [0.15, 0.2) is 0 Å². The van der Waals surface area contributed by atoms with Crippen molar-refractivity contribution in [1.29, 1.82) is 0 Å². The zero-order valence-electron chi connectivity index (χ0n) is 12.1. The van der Waals surface area contributed by atoms with Crippen molar-refractivity contribution in [2.75, 3.05) is 31.4 Å². The molecule has 0 aliphatic carbocycles. The fraction of sp³-hybridized carbons (Fsp3) is 0.538. The molecule has 0 atom stereocenters. The third-order valence-corrected chi connectivity index (χ3v) is 4.33. The predicted molar refractivity (Wildman–Crippen MR) is 79.5 cm³/mol. The molecule has 0 spiro atoms. The summed E-state index contributed by atoms with van der Waals surface area (Å²) in [6.07, 6.45) is 0.696. The summed E-state index contributed by atoms with van der Waals surface area (Å²) in [6.45, 7) is 5.70. The Hall–Kier alpha value is -1.18. The van der Waals surface area contributed by atoms with Crippen molar-refractivity contribution in [3.8, 4) is 0 Å². The molecule has 0 radical (unpaired) electrons.